The Morgan fingerprint density at radius 2 is 2.12 bits per heavy atom. The molecule has 3 nitrogen and oxygen atoms in total. The van der Waals surface area contributed by atoms with E-state index in [1.807, 2.05) is 0 Å². The molecule has 2 aromatic rings. The Morgan fingerprint density at radius 3 is 2.94 bits per heavy atom. The fourth-order valence-corrected chi connectivity index (χ4v) is 2.46. The summed E-state index contributed by atoms with van der Waals surface area (Å²) < 4.78 is 0. The zero-order valence-electron chi connectivity index (χ0n) is 9.59. The maximum absolute atomic E-state index is 4.55. The van der Waals surface area contributed by atoms with Gasteiger partial charge in [-0.15, -0.1) is 0 Å². The number of imidazole rings is 1. The quantitative estimate of drug-likeness (QED) is 0.807. The van der Waals surface area contributed by atoms with E-state index in [0.717, 1.165) is 17.0 Å². The van der Waals surface area contributed by atoms with E-state index in [4.69, 9.17) is 0 Å². The topological polar surface area (TPSA) is 40.7 Å². The van der Waals surface area contributed by atoms with Crippen LogP contribution in [0, 0.1) is 6.92 Å². The van der Waals surface area contributed by atoms with Crippen molar-refractivity contribution in [2.45, 2.75) is 38.6 Å². The first kappa shape index (κ1) is 9.70. The number of aryl methyl sites for hydroxylation is 1. The molecule has 0 saturated heterocycles. The monoisotopic (exact) mass is 215 g/mol. The van der Waals surface area contributed by atoms with Crippen LogP contribution in [0.1, 0.15) is 31.2 Å². The Bertz CT molecular complexity index is 495. The molecule has 0 bridgehead atoms. The van der Waals surface area contributed by atoms with Gasteiger partial charge in [0.25, 0.3) is 0 Å². The maximum Gasteiger partial charge on any atom is 0.201 e. The number of hydrogen-bond acceptors (Lipinski definition) is 2. The summed E-state index contributed by atoms with van der Waals surface area (Å²) in [5.74, 6) is 0.924. The van der Waals surface area contributed by atoms with E-state index in [9.17, 15) is 0 Å². The molecule has 1 aliphatic carbocycles. The molecular weight excluding hydrogens is 198 g/mol. The molecule has 0 atom stereocenters. The van der Waals surface area contributed by atoms with Crippen LogP contribution in [0.25, 0.3) is 11.0 Å². The molecule has 0 spiro atoms. The van der Waals surface area contributed by atoms with E-state index in [1.54, 1.807) is 0 Å². The molecule has 16 heavy (non-hydrogen) atoms. The number of aromatic nitrogens is 2. The van der Waals surface area contributed by atoms with Crippen molar-refractivity contribution in [1.29, 1.82) is 0 Å². The van der Waals surface area contributed by atoms with Crippen LogP contribution in [0.3, 0.4) is 0 Å². The lowest BCUT2D eigenvalue weighted by atomic mass is 10.2. The second-order valence-corrected chi connectivity index (χ2v) is 4.73. The van der Waals surface area contributed by atoms with Gasteiger partial charge in [0.05, 0.1) is 11.0 Å². The van der Waals surface area contributed by atoms with E-state index in [2.05, 4.69) is 40.4 Å². The molecule has 1 aromatic heterocycles. The molecule has 1 saturated carbocycles. The molecule has 84 valence electrons. The zero-order valence-corrected chi connectivity index (χ0v) is 9.59. The van der Waals surface area contributed by atoms with Crippen molar-refractivity contribution >= 4 is 17.0 Å². The lowest BCUT2D eigenvalue weighted by molar-refractivity contribution is 0.747. The molecule has 0 aliphatic heterocycles. The van der Waals surface area contributed by atoms with Crippen molar-refractivity contribution in [2.75, 3.05) is 5.32 Å². The molecule has 3 heteroatoms. The largest absolute Gasteiger partial charge is 0.353 e. The fraction of sp³-hybridized carbons (Fsp3) is 0.462. The standard InChI is InChI=1S/C13H17N3/c1-9-6-7-11-12(8-9)16-13(15-11)14-10-4-2-3-5-10/h6-8,10H,2-5H2,1H3,(H2,14,15,16). The Hall–Kier alpha value is -1.51. The van der Waals surface area contributed by atoms with Crippen LogP contribution >= 0.6 is 0 Å². The van der Waals surface area contributed by atoms with E-state index < -0.39 is 0 Å². The highest BCUT2D eigenvalue weighted by atomic mass is 15.1. The highest BCUT2D eigenvalue weighted by molar-refractivity contribution is 5.78. The third-order valence-electron chi connectivity index (χ3n) is 3.33. The van der Waals surface area contributed by atoms with Gasteiger partial charge < -0.3 is 10.3 Å². The summed E-state index contributed by atoms with van der Waals surface area (Å²) in [6.07, 6.45) is 5.24. The van der Waals surface area contributed by atoms with Gasteiger partial charge in [-0.25, -0.2) is 4.98 Å². The van der Waals surface area contributed by atoms with E-state index in [0.29, 0.717) is 6.04 Å². The van der Waals surface area contributed by atoms with E-state index in [1.165, 1.54) is 31.2 Å². The van der Waals surface area contributed by atoms with Crippen molar-refractivity contribution in [1.82, 2.24) is 9.97 Å². The first-order valence-corrected chi connectivity index (χ1v) is 6.04. The maximum atomic E-state index is 4.55. The predicted octanol–water partition coefficient (Wildman–Crippen LogP) is 3.23. The van der Waals surface area contributed by atoms with Crippen molar-refractivity contribution in [2.24, 2.45) is 0 Å². The number of nitrogens with zero attached hydrogens (tertiary/aromatic N) is 1. The van der Waals surface area contributed by atoms with Crippen molar-refractivity contribution in [3.05, 3.63) is 23.8 Å². The first-order chi connectivity index (χ1) is 7.81. The van der Waals surface area contributed by atoms with Crippen LogP contribution < -0.4 is 5.32 Å². The minimum Gasteiger partial charge on any atom is -0.353 e. The van der Waals surface area contributed by atoms with Crippen LogP contribution in [0.15, 0.2) is 18.2 Å². The van der Waals surface area contributed by atoms with Gasteiger partial charge in [-0.05, 0) is 37.5 Å². The van der Waals surface area contributed by atoms with Gasteiger partial charge in [0, 0.05) is 6.04 Å². The third kappa shape index (κ3) is 1.77. The normalized spacial score (nSPS) is 17.1. The Kier molecular flexibility index (Phi) is 2.31. The molecule has 0 unspecified atom stereocenters. The minimum absolute atomic E-state index is 0.613. The molecule has 2 N–H and O–H groups in total. The summed E-state index contributed by atoms with van der Waals surface area (Å²) >= 11 is 0. The van der Waals surface area contributed by atoms with Gasteiger partial charge in [-0.1, -0.05) is 18.9 Å². The second-order valence-electron chi connectivity index (χ2n) is 4.73. The molecule has 0 amide bonds. The van der Waals surface area contributed by atoms with Crippen LogP contribution in [0.4, 0.5) is 5.95 Å². The lowest BCUT2D eigenvalue weighted by Crippen LogP contribution is -2.15. The molecule has 1 fully saturated rings. The number of hydrogen-bond donors (Lipinski definition) is 2. The number of anilines is 1. The highest BCUT2D eigenvalue weighted by Gasteiger charge is 2.15. The summed E-state index contributed by atoms with van der Waals surface area (Å²) in [4.78, 5) is 7.89. The predicted molar refractivity (Wildman–Crippen MR) is 66.7 cm³/mol. The molecule has 3 rings (SSSR count). The van der Waals surface area contributed by atoms with Gasteiger partial charge in [0.2, 0.25) is 5.95 Å². The van der Waals surface area contributed by atoms with Gasteiger partial charge in [-0.2, -0.15) is 0 Å². The van der Waals surface area contributed by atoms with Crippen LogP contribution in [0.5, 0.6) is 0 Å². The average Bonchev–Trinajstić information content (AvgIpc) is 2.86. The molecule has 1 heterocycles. The van der Waals surface area contributed by atoms with Gasteiger partial charge in [0.15, 0.2) is 0 Å². The number of H-pyrrole nitrogens is 1. The summed E-state index contributed by atoms with van der Waals surface area (Å²) in [5, 5.41) is 3.48. The lowest BCUT2D eigenvalue weighted by Gasteiger charge is -2.09. The fourth-order valence-electron chi connectivity index (χ4n) is 2.46. The minimum atomic E-state index is 0.613. The molecule has 0 radical (unpaired) electrons. The van der Waals surface area contributed by atoms with Crippen molar-refractivity contribution in [3.63, 3.8) is 0 Å². The molecule has 1 aromatic carbocycles. The highest BCUT2D eigenvalue weighted by Crippen LogP contribution is 2.22. The number of fused-ring (bicyclic) bond motifs is 1. The summed E-state index contributed by atoms with van der Waals surface area (Å²) in [7, 11) is 0. The third-order valence-corrected chi connectivity index (χ3v) is 3.33. The van der Waals surface area contributed by atoms with Gasteiger partial charge in [-0.3, -0.25) is 0 Å². The summed E-state index contributed by atoms with van der Waals surface area (Å²) in [5.41, 5.74) is 3.44. The number of aromatic amines is 1. The summed E-state index contributed by atoms with van der Waals surface area (Å²) in [6.45, 7) is 2.10. The Balaban J connectivity index is 1.86. The molecular formula is C13H17N3. The summed E-state index contributed by atoms with van der Waals surface area (Å²) in [6, 6.07) is 6.92. The SMILES string of the molecule is Cc1ccc2nc(NC3CCCC3)[nH]c2c1. The van der Waals surface area contributed by atoms with Gasteiger partial charge >= 0.3 is 0 Å². The first-order valence-electron chi connectivity index (χ1n) is 6.04. The van der Waals surface area contributed by atoms with Crippen molar-refractivity contribution in [3.8, 4) is 0 Å². The Labute approximate surface area is 95.3 Å². The Morgan fingerprint density at radius 1 is 1.31 bits per heavy atom. The average molecular weight is 215 g/mol. The number of nitrogens with one attached hydrogen (secondary N) is 2. The van der Waals surface area contributed by atoms with E-state index in [-0.39, 0.29) is 0 Å². The van der Waals surface area contributed by atoms with Crippen LogP contribution in [-0.4, -0.2) is 16.0 Å². The van der Waals surface area contributed by atoms with Crippen molar-refractivity contribution < 1.29 is 0 Å². The number of rotatable bonds is 2. The smallest absolute Gasteiger partial charge is 0.201 e. The van der Waals surface area contributed by atoms with Crippen LogP contribution in [-0.2, 0) is 0 Å². The van der Waals surface area contributed by atoms with E-state index >= 15 is 0 Å². The second kappa shape index (κ2) is 3.81. The van der Waals surface area contributed by atoms with Crippen LogP contribution in [0.2, 0.25) is 0 Å². The molecule has 1 aliphatic rings. The van der Waals surface area contributed by atoms with Gasteiger partial charge in [0.1, 0.15) is 0 Å². The number of benzene rings is 1. The zero-order chi connectivity index (χ0) is 11.0.